The molecule has 5 heteroatoms. The number of rotatable bonds is 1. The van der Waals surface area contributed by atoms with Crippen LogP contribution in [0.15, 0.2) is 6.07 Å². The molecule has 70 valence electrons. The van der Waals surface area contributed by atoms with Crippen LogP contribution in [0.25, 0.3) is 0 Å². The Morgan fingerprint density at radius 1 is 1.31 bits per heavy atom. The third-order valence-corrected chi connectivity index (χ3v) is 2.44. The molecular weight excluding hydrogens is 209 g/mol. The zero-order valence-corrected chi connectivity index (χ0v) is 8.44. The molecule has 0 bridgehead atoms. The van der Waals surface area contributed by atoms with E-state index in [2.05, 4.69) is 15.3 Å². The van der Waals surface area contributed by atoms with Crippen LogP contribution in [0.4, 0.5) is 0 Å². The Bertz CT molecular complexity index is 290. The molecule has 1 aliphatic rings. The fourth-order valence-corrected chi connectivity index (χ4v) is 1.90. The molecule has 13 heavy (non-hydrogen) atoms. The van der Waals surface area contributed by atoms with Gasteiger partial charge in [-0.25, -0.2) is 9.97 Å². The summed E-state index contributed by atoms with van der Waals surface area (Å²) < 4.78 is 0. The quantitative estimate of drug-likeness (QED) is 0.734. The van der Waals surface area contributed by atoms with E-state index in [1.807, 2.05) is 0 Å². The first-order valence-corrected chi connectivity index (χ1v) is 4.94. The van der Waals surface area contributed by atoms with Crippen molar-refractivity contribution in [3.8, 4) is 0 Å². The van der Waals surface area contributed by atoms with E-state index in [9.17, 15) is 0 Å². The first kappa shape index (κ1) is 9.19. The zero-order chi connectivity index (χ0) is 9.26. The predicted octanol–water partition coefficient (Wildman–Crippen LogP) is 2.21. The standard InChI is InChI=1S/C8H9Cl2N3/c9-6-4-7(10)13-8(12-6)5-2-1-3-11-5/h4-5,11H,1-3H2. The van der Waals surface area contributed by atoms with Crippen LogP contribution >= 0.6 is 23.2 Å². The molecule has 1 atom stereocenters. The maximum atomic E-state index is 5.77. The molecule has 1 unspecified atom stereocenters. The largest absolute Gasteiger partial charge is 0.307 e. The summed E-state index contributed by atoms with van der Waals surface area (Å²) in [6.45, 7) is 1.01. The highest BCUT2D eigenvalue weighted by Crippen LogP contribution is 2.22. The number of halogens is 2. The van der Waals surface area contributed by atoms with Gasteiger partial charge in [-0.1, -0.05) is 23.2 Å². The summed E-state index contributed by atoms with van der Waals surface area (Å²) in [5.41, 5.74) is 0. The molecule has 0 aromatic carbocycles. The summed E-state index contributed by atoms with van der Waals surface area (Å²) in [7, 11) is 0. The number of hydrogen-bond donors (Lipinski definition) is 1. The lowest BCUT2D eigenvalue weighted by atomic mass is 10.2. The van der Waals surface area contributed by atoms with Gasteiger partial charge >= 0.3 is 0 Å². The van der Waals surface area contributed by atoms with Crippen LogP contribution in [0, 0.1) is 0 Å². The Kier molecular flexibility index (Phi) is 2.67. The van der Waals surface area contributed by atoms with E-state index in [4.69, 9.17) is 23.2 Å². The maximum Gasteiger partial charge on any atom is 0.148 e. The van der Waals surface area contributed by atoms with Crippen molar-refractivity contribution < 1.29 is 0 Å². The molecule has 1 fully saturated rings. The summed E-state index contributed by atoms with van der Waals surface area (Å²) in [4.78, 5) is 8.25. The van der Waals surface area contributed by atoms with E-state index in [1.165, 1.54) is 0 Å². The van der Waals surface area contributed by atoms with Crippen LogP contribution < -0.4 is 5.32 Å². The lowest BCUT2D eigenvalue weighted by molar-refractivity contribution is 0.605. The van der Waals surface area contributed by atoms with Gasteiger partial charge in [0.15, 0.2) is 0 Å². The highest BCUT2D eigenvalue weighted by molar-refractivity contribution is 6.33. The smallest absolute Gasteiger partial charge is 0.148 e. The molecule has 3 nitrogen and oxygen atoms in total. The van der Waals surface area contributed by atoms with Gasteiger partial charge in [-0.3, -0.25) is 0 Å². The van der Waals surface area contributed by atoms with Crippen LogP contribution in [-0.2, 0) is 0 Å². The van der Waals surface area contributed by atoms with Crippen molar-refractivity contribution in [3.05, 3.63) is 22.2 Å². The van der Waals surface area contributed by atoms with Gasteiger partial charge in [0.05, 0.1) is 6.04 Å². The van der Waals surface area contributed by atoms with Gasteiger partial charge < -0.3 is 5.32 Å². The summed E-state index contributed by atoms with van der Waals surface area (Å²) in [5, 5.41) is 4.10. The van der Waals surface area contributed by atoms with Crippen molar-refractivity contribution in [2.75, 3.05) is 6.54 Å². The molecule has 0 amide bonds. The first-order valence-electron chi connectivity index (χ1n) is 4.19. The number of aromatic nitrogens is 2. The van der Waals surface area contributed by atoms with Crippen molar-refractivity contribution in [3.63, 3.8) is 0 Å². The average Bonchev–Trinajstić information content (AvgIpc) is 2.53. The second kappa shape index (κ2) is 3.78. The lowest BCUT2D eigenvalue weighted by Gasteiger charge is -2.08. The van der Waals surface area contributed by atoms with Crippen LogP contribution in [0.5, 0.6) is 0 Å². The van der Waals surface area contributed by atoms with E-state index in [-0.39, 0.29) is 6.04 Å². The molecule has 1 aromatic rings. The molecule has 0 saturated carbocycles. The third-order valence-electron chi connectivity index (χ3n) is 2.05. The normalized spacial score (nSPS) is 22.2. The van der Waals surface area contributed by atoms with E-state index in [0.717, 1.165) is 19.4 Å². The summed E-state index contributed by atoms with van der Waals surface area (Å²) >= 11 is 11.5. The number of nitrogens with one attached hydrogen (secondary N) is 1. The van der Waals surface area contributed by atoms with Crippen molar-refractivity contribution in [1.29, 1.82) is 0 Å². The Balaban J connectivity index is 2.28. The second-order valence-electron chi connectivity index (χ2n) is 3.02. The van der Waals surface area contributed by atoms with Gasteiger partial charge in [0.1, 0.15) is 16.1 Å². The fourth-order valence-electron chi connectivity index (χ4n) is 1.47. The van der Waals surface area contributed by atoms with Gasteiger partial charge in [-0.2, -0.15) is 0 Å². The van der Waals surface area contributed by atoms with Crippen molar-refractivity contribution >= 4 is 23.2 Å². The lowest BCUT2D eigenvalue weighted by Crippen LogP contribution is -2.15. The topological polar surface area (TPSA) is 37.8 Å². The SMILES string of the molecule is Clc1cc(Cl)nc(C2CCCN2)n1. The Morgan fingerprint density at radius 3 is 2.54 bits per heavy atom. The molecule has 2 rings (SSSR count). The van der Waals surface area contributed by atoms with Gasteiger partial charge in [-0.05, 0) is 19.4 Å². The maximum absolute atomic E-state index is 5.77. The molecule has 1 saturated heterocycles. The molecule has 0 radical (unpaired) electrons. The molecular formula is C8H9Cl2N3. The Hall–Kier alpha value is -0.380. The van der Waals surface area contributed by atoms with E-state index >= 15 is 0 Å². The minimum Gasteiger partial charge on any atom is -0.307 e. The highest BCUT2D eigenvalue weighted by Gasteiger charge is 2.19. The predicted molar refractivity (Wildman–Crippen MR) is 52.0 cm³/mol. The molecule has 0 spiro atoms. The van der Waals surface area contributed by atoms with Gasteiger partial charge in [0.2, 0.25) is 0 Å². The molecule has 1 N–H and O–H groups in total. The number of hydrogen-bond acceptors (Lipinski definition) is 3. The first-order chi connectivity index (χ1) is 6.25. The molecule has 1 aliphatic heterocycles. The highest BCUT2D eigenvalue weighted by atomic mass is 35.5. The summed E-state index contributed by atoms with van der Waals surface area (Å²) in [6.07, 6.45) is 2.20. The summed E-state index contributed by atoms with van der Waals surface area (Å²) in [6, 6.07) is 1.76. The van der Waals surface area contributed by atoms with Crippen LogP contribution in [0.1, 0.15) is 24.7 Å². The monoisotopic (exact) mass is 217 g/mol. The average molecular weight is 218 g/mol. The van der Waals surface area contributed by atoms with Gasteiger partial charge in [0, 0.05) is 6.07 Å². The molecule has 2 heterocycles. The number of nitrogens with zero attached hydrogens (tertiary/aromatic N) is 2. The van der Waals surface area contributed by atoms with E-state index in [0.29, 0.717) is 16.1 Å². The van der Waals surface area contributed by atoms with Crippen molar-refractivity contribution in [1.82, 2.24) is 15.3 Å². The second-order valence-corrected chi connectivity index (χ2v) is 3.80. The van der Waals surface area contributed by atoms with Gasteiger partial charge in [-0.15, -0.1) is 0 Å². The summed E-state index contributed by atoms with van der Waals surface area (Å²) in [5.74, 6) is 0.704. The van der Waals surface area contributed by atoms with E-state index < -0.39 is 0 Å². The van der Waals surface area contributed by atoms with Crippen molar-refractivity contribution in [2.45, 2.75) is 18.9 Å². The molecule has 1 aromatic heterocycles. The van der Waals surface area contributed by atoms with Crippen molar-refractivity contribution in [2.24, 2.45) is 0 Å². The van der Waals surface area contributed by atoms with Crippen LogP contribution in [0.3, 0.4) is 0 Å². The van der Waals surface area contributed by atoms with E-state index in [1.54, 1.807) is 6.07 Å². The Labute approximate surface area is 86.5 Å². The Morgan fingerprint density at radius 2 is 2.00 bits per heavy atom. The van der Waals surface area contributed by atoms with Crippen LogP contribution in [0.2, 0.25) is 10.3 Å². The van der Waals surface area contributed by atoms with Gasteiger partial charge in [0.25, 0.3) is 0 Å². The molecule has 0 aliphatic carbocycles. The minimum atomic E-state index is 0.219. The fraction of sp³-hybridized carbons (Fsp3) is 0.500. The zero-order valence-electron chi connectivity index (χ0n) is 6.93. The minimum absolute atomic E-state index is 0.219. The van der Waals surface area contributed by atoms with Crippen LogP contribution in [-0.4, -0.2) is 16.5 Å². The third kappa shape index (κ3) is 2.10.